The van der Waals surface area contributed by atoms with Gasteiger partial charge in [-0.05, 0) is 47.1 Å². The molecule has 0 N–H and O–H groups in total. The van der Waals surface area contributed by atoms with Gasteiger partial charge in [0.2, 0.25) is 11.8 Å². The molecule has 0 atom stereocenters. The number of hydrogen-bond acceptors (Lipinski definition) is 7. The zero-order valence-corrected chi connectivity index (χ0v) is 20.0. The Kier molecular flexibility index (Phi) is 7.56. The van der Waals surface area contributed by atoms with Crippen molar-refractivity contribution in [2.45, 2.75) is 26.3 Å². The van der Waals surface area contributed by atoms with E-state index in [1.807, 2.05) is 37.3 Å². The molecule has 4 rings (SSSR count). The van der Waals surface area contributed by atoms with Gasteiger partial charge in [-0.1, -0.05) is 23.4 Å². The van der Waals surface area contributed by atoms with Crippen molar-refractivity contribution in [2.75, 3.05) is 37.6 Å². The Morgan fingerprint density at radius 2 is 1.85 bits per heavy atom. The monoisotopic (exact) mass is 515 g/mol. The van der Waals surface area contributed by atoms with Crippen LogP contribution in [0, 0.1) is 0 Å². The summed E-state index contributed by atoms with van der Waals surface area (Å²) < 4.78 is 11.3. The van der Waals surface area contributed by atoms with Gasteiger partial charge in [-0.2, -0.15) is 4.98 Å². The van der Waals surface area contributed by atoms with Crippen molar-refractivity contribution in [1.29, 1.82) is 0 Å². The largest absolute Gasteiger partial charge is 0.444 e. The first-order chi connectivity index (χ1) is 16.0. The predicted molar refractivity (Wildman–Crippen MR) is 125 cm³/mol. The zero-order valence-electron chi connectivity index (χ0n) is 18.4. The van der Waals surface area contributed by atoms with Crippen molar-refractivity contribution >= 4 is 33.4 Å². The van der Waals surface area contributed by atoms with Crippen LogP contribution in [0.4, 0.5) is 5.69 Å². The first-order valence-corrected chi connectivity index (χ1v) is 11.8. The van der Waals surface area contributed by atoms with Crippen LogP contribution < -0.4 is 4.90 Å². The fourth-order valence-electron chi connectivity index (χ4n) is 3.81. The number of anilines is 1. The third-order valence-electron chi connectivity index (χ3n) is 5.56. The van der Waals surface area contributed by atoms with Gasteiger partial charge in [0, 0.05) is 51.3 Å². The van der Waals surface area contributed by atoms with Crippen LogP contribution in [0.2, 0.25) is 0 Å². The van der Waals surface area contributed by atoms with Crippen molar-refractivity contribution in [1.82, 2.24) is 19.9 Å². The fraction of sp³-hybridized carbons (Fsp3) is 0.391. The highest BCUT2D eigenvalue weighted by molar-refractivity contribution is 9.10. The molecule has 10 heteroatoms. The Labute approximate surface area is 200 Å². The molecule has 1 aliphatic heterocycles. The van der Waals surface area contributed by atoms with Gasteiger partial charge in [-0.15, -0.1) is 0 Å². The molecule has 33 heavy (non-hydrogen) atoms. The van der Waals surface area contributed by atoms with Crippen molar-refractivity contribution in [3.8, 4) is 0 Å². The summed E-state index contributed by atoms with van der Waals surface area (Å²) >= 11 is 3.22. The van der Waals surface area contributed by atoms with Gasteiger partial charge in [0.15, 0.2) is 16.3 Å². The SMILES string of the molecule is CCN(C(=O)CCc1nc(CN2CCN(C(=O)c3ccc(Br)o3)CC2)no1)c1ccccc1. The van der Waals surface area contributed by atoms with Crippen molar-refractivity contribution < 1.29 is 18.5 Å². The summed E-state index contributed by atoms with van der Waals surface area (Å²) in [4.78, 5) is 35.3. The molecule has 1 saturated heterocycles. The number of aryl methyl sites for hydroxylation is 1. The summed E-state index contributed by atoms with van der Waals surface area (Å²) in [5, 5.41) is 4.06. The van der Waals surface area contributed by atoms with E-state index in [1.54, 1.807) is 21.9 Å². The Morgan fingerprint density at radius 3 is 2.52 bits per heavy atom. The molecule has 0 unspecified atom stereocenters. The van der Waals surface area contributed by atoms with Crippen LogP contribution >= 0.6 is 15.9 Å². The maximum Gasteiger partial charge on any atom is 0.289 e. The first-order valence-electron chi connectivity index (χ1n) is 11.0. The Hall–Kier alpha value is -2.98. The number of aromatic nitrogens is 2. The van der Waals surface area contributed by atoms with Gasteiger partial charge in [0.1, 0.15) is 0 Å². The molecule has 3 heterocycles. The average molecular weight is 516 g/mol. The smallest absolute Gasteiger partial charge is 0.289 e. The molecule has 9 nitrogen and oxygen atoms in total. The molecule has 0 aliphatic carbocycles. The van der Waals surface area contributed by atoms with Gasteiger partial charge in [-0.3, -0.25) is 14.5 Å². The van der Waals surface area contributed by atoms with Crippen molar-refractivity contribution in [3.63, 3.8) is 0 Å². The quantitative estimate of drug-likeness (QED) is 0.453. The standard InChI is InChI=1S/C23H26BrN5O4/c1-2-29(17-6-4-3-5-7-17)22(30)11-10-21-25-20(26-33-21)16-27-12-14-28(15-13-27)23(31)18-8-9-19(24)32-18/h3-9H,2,10-16H2,1H3. The number of carbonyl (C=O) groups is 2. The highest BCUT2D eigenvalue weighted by atomic mass is 79.9. The minimum Gasteiger partial charge on any atom is -0.444 e. The third-order valence-corrected chi connectivity index (χ3v) is 5.98. The number of rotatable bonds is 8. The molecular formula is C23H26BrN5O4. The molecule has 1 aliphatic rings. The van der Waals surface area contributed by atoms with E-state index in [0.29, 0.717) is 74.3 Å². The summed E-state index contributed by atoms with van der Waals surface area (Å²) in [5.74, 6) is 1.29. The van der Waals surface area contributed by atoms with Gasteiger partial charge in [-0.25, -0.2) is 0 Å². The van der Waals surface area contributed by atoms with Crippen LogP contribution in [-0.2, 0) is 17.8 Å². The van der Waals surface area contributed by atoms with E-state index in [0.717, 1.165) is 5.69 Å². The number of halogens is 1. The summed E-state index contributed by atoms with van der Waals surface area (Å²) in [6.45, 7) is 5.71. The second kappa shape index (κ2) is 10.8. The van der Waals surface area contributed by atoms with Gasteiger partial charge < -0.3 is 18.7 Å². The van der Waals surface area contributed by atoms with E-state index in [4.69, 9.17) is 8.94 Å². The van der Waals surface area contributed by atoms with Crippen LogP contribution in [0.3, 0.4) is 0 Å². The Morgan fingerprint density at radius 1 is 1.09 bits per heavy atom. The lowest BCUT2D eigenvalue weighted by Crippen LogP contribution is -2.48. The highest BCUT2D eigenvalue weighted by Crippen LogP contribution is 2.18. The lowest BCUT2D eigenvalue weighted by Gasteiger charge is -2.33. The molecule has 2 aromatic heterocycles. The van der Waals surface area contributed by atoms with Gasteiger partial charge in [0.25, 0.3) is 5.91 Å². The maximum absolute atomic E-state index is 12.6. The van der Waals surface area contributed by atoms with E-state index >= 15 is 0 Å². The Bertz CT molecular complexity index is 1080. The van der Waals surface area contributed by atoms with Crippen LogP contribution in [-0.4, -0.2) is 64.5 Å². The molecule has 0 radical (unpaired) electrons. The number of amides is 2. The molecule has 1 fully saturated rings. The topological polar surface area (TPSA) is 95.9 Å². The second-order valence-electron chi connectivity index (χ2n) is 7.75. The normalized spacial score (nSPS) is 14.4. The zero-order chi connectivity index (χ0) is 23.2. The van der Waals surface area contributed by atoms with Crippen LogP contribution in [0.5, 0.6) is 0 Å². The number of furan rings is 1. The van der Waals surface area contributed by atoms with E-state index in [9.17, 15) is 9.59 Å². The molecule has 174 valence electrons. The number of hydrogen-bond donors (Lipinski definition) is 0. The van der Waals surface area contributed by atoms with E-state index in [1.165, 1.54) is 0 Å². The minimum absolute atomic E-state index is 0.0211. The van der Waals surface area contributed by atoms with Crippen LogP contribution in [0.1, 0.15) is 35.6 Å². The molecule has 1 aromatic carbocycles. The van der Waals surface area contributed by atoms with Crippen LogP contribution in [0.15, 0.2) is 56.1 Å². The lowest BCUT2D eigenvalue weighted by molar-refractivity contribution is -0.118. The average Bonchev–Trinajstić information content (AvgIpc) is 3.48. The molecule has 3 aromatic rings. The maximum atomic E-state index is 12.6. The number of para-hydroxylation sites is 1. The summed E-state index contributed by atoms with van der Waals surface area (Å²) in [7, 11) is 0. The lowest BCUT2D eigenvalue weighted by atomic mass is 10.2. The van der Waals surface area contributed by atoms with E-state index < -0.39 is 0 Å². The summed E-state index contributed by atoms with van der Waals surface area (Å²) in [5.41, 5.74) is 0.883. The number of benzene rings is 1. The van der Waals surface area contributed by atoms with Crippen molar-refractivity contribution in [2.24, 2.45) is 0 Å². The van der Waals surface area contributed by atoms with Crippen LogP contribution in [0.25, 0.3) is 0 Å². The molecule has 0 saturated carbocycles. The highest BCUT2D eigenvalue weighted by Gasteiger charge is 2.25. The third kappa shape index (κ3) is 5.88. The first kappa shape index (κ1) is 23.2. The molecule has 2 amide bonds. The van der Waals surface area contributed by atoms with E-state index in [-0.39, 0.29) is 11.8 Å². The summed E-state index contributed by atoms with van der Waals surface area (Å²) in [6.07, 6.45) is 0.699. The number of carbonyl (C=O) groups excluding carboxylic acids is 2. The molecule has 0 spiro atoms. The summed E-state index contributed by atoms with van der Waals surface area (Å²) in [6, 6.07) is 13.0. The molecule has 0 bridgehead atoms. The fourth-order valence-corrected chi connectivity index (χ4v) is 4.12. The number of piperazine rings is 1. The molecular weight excluding hydrogens is 490 g/mol. The van der Waals surface area contributed by atoms with E-state index in [2.05, 4.69) is 31.0 Å². The van der Waals surface area contributed by atoms with Gasteiger partial charge in [0.05, 0.1) is 6.54 Å². The Balaban J connectivity index is 1.24. The minimum atomic E-state index is -0.108. The van der Waals surface area contributed by atoms with Gasteiger partial charge >= 0.3 is 0 Å². The number of nitrogens with zero attached hydrogens (tertiary/aromatic N) is 5. The second-order valence-corrected chi connectivity index (χ2v) is 8.53. The van der Waals surface area contributed by atoms with Crippen molar-refractivity contribution in [3.05, 3.63) is 64.6 Å². The predicted octanol–water partition coefficient (Wildman–Crippen LogP) is 3.37.